The fourth-order valence-corrected chi connectivity index (χ4v) is 5.08. The SMILES string of the molecule is Cc1ccc(-c2ccc(C(=O)NS(=O)(=O)c3cccc(N)n3)c(N3CCC(C)C3(C)C)n2)cc1. The number of nitrogen functional groups attached to an aromatic ring is 1. The minimum atomic E-state index is -4.21. The summed E-state index contributed by atoms with van der Waals surface area (Å²) in [5, 5.41) is -0.318. The highest BCUT2D eigenvalue weighted by molar-refractivity contribution is 7.90. The van der Waals surface area contributed by atoms with Crippen LogP contribution in [0.2, 0.25) is 0 Å². The van der Waals surface area contributed by atoms with E-state index in [0.29, 0.717) is 24.0 Å². The predicted octanol–water partition coefficient (Wildman–Crippen LogP) is 3.78. The van der Waals surface area contributed by atoms with Gasteiger partial charge < -0.3 is 10.6 Å². The van der Waals surface area contributed by atoms with Crippen molar-refractivity contribution in [2.45, 2.75) is 44.7 Å². The Morgan fingerprint density at radius 3 is 2.41 bits per heavy atom. The molecule has 2 aromatic heterocycles. The van der Waals surface area contributed by atoms with Crippen molar-refractivity contribution in [2.75, 3.05) is 17.2 Å². The molecule has 0 spiro atoms. The number of nitrogens with two attached hydrogens (primary N) is 1. The lowest BCUT2D eigenvalue weighted by Gasteiger charge is -2.36. The third kappa shape index (κ3) is 4.48. The van der Waals surface area contributed by atoms with Crippen LogP contribution in [0.25, 0.3) is 11.3 Å². The van der Waals surface area contributed by atoms with Gasteiger partial charge in [0.1, 0.15) is 11.6 Å². The van der Waals surface area contributed by atoms with Gasteiger partial charge in [-0.1, -0.05) is 42.8 Å². The van der Waals surface area contributed by atoms with Crippen molar-refractivity contribution < 1.29 is 13.2 Å². The lowest BCUT2D eigenvalue weighted by atomic mass is 9.90. The first-order valence-electron chi connectivity index (χ1n) is 11.1. The van der Waals surface area contributed by atoms with E-state index in [1.165, 1.54) is 18.2 Å². The van der Waals surface area contributed by atoms with Crippen molar-refractivity contribution in [1.29, 1.82) is 0 Å². The summed E-state index contributed by atoms with van der Waals surface area (Å²) in [6.45, 7) is 9.11. The van der Waals surface area contributed by atoms with E-state index in [-0.39, 0.29) is 21.9 Å². The van der Waals surface area contributed by atoms with Gasteiger partial charge >= 0.3 is 0 Å². The molecular formula is C25H29N5O3S. The van der Waals surface area contributed by atoms with Gasteiger partial charge in [-0.15, -0.1) is 0 Å². The van der Waals surface area contributed by atoms with Gasteiger partial charge in [-0.3, -0.25) is 4.79 Å². The number of anilines is 2. The molecule has 1 aliphatic heterocycles. The van der Waals surface area contributed by atoms with Crippen LogP contribution in [0.3, 0.4) is 0 Å². The van der Waals surface area contributed by atoms with Gasteiger partial charge in [0.15, 0.2) is 5.03 Å². The summed E-state index contributed by atoms with van der Waals surface area (Å²) < 4.78 is 27.8. The molecule has 34 heavy (non-hydrogen) atoms. The quantitative estimate of drug-likeness (QED) is 0.572. The van der Waals surface area contributed by atoms with Crippen molar-refractivity contribution in [1.82, 2.24) is 14.7 Å². The molecule has 0 radical (unpaired) electrons. The Balaban J connectivity index is 1.77. The maximum atomic E-state index is 13.3. The number of hydrogen-bond donors (Lipinski definition) is 2. The summed E-state index contributed by atoms with van der Waals surface area (Å²) in [7, 11) is -4.21. The molecular weight excluding hydrogens is 450 g/mol. The summed E-state index contributed by atoms with van der Waals surface area (Å²) in [6, 6.07) is 15.6. The first kappa shape index (κ1) is 23.7. The molecule has 4 rings (SSSR count). The number of benzene rings is 1. The molecule has 8 nitrogen and oxygen atoms in total. The van der Waals surface area contributed by atoms with Crippen molar-refractivity contribution in [3.8, 4) is 11.3 Å². The van der Waals surface area contributed by atoms with Gasteiger partial charge in [0.2, 0.25) is 0 Å². The average Bonchev–Trinajstić information content (AvgIpc) is 3.05. The fraction of sp³-hybridized carbons (Fsp3) is 0.320. The number of aromatic nitrogens is 2. The minimum Gasteiger partial charge on any atom is -0.384 e. The lowest BCUT2D eigenvalue weighted by Crippen LogP contribution is -2.43. The van der Waals surface area contributed by atoms with Crippen molar-refractivity contribution in [3.05, 3.63) is 65.7 Å². The van der Waals surface area contributed by atoms with Crippen molar-refractivity contribution in [2.24, 2.45) is 5.92 Å². The number of sulfonamides is 1. The molecule has 1 unspecified atom stereocenters. The van der Waals surface area contributed by atoms with Crippen LogP contribution in [0, 0.1) is 12.8 Å². The highest BCUT2D eigenvalue weighted by atomic mass is 32.2. The van der Waals surface area contributed by atoms with E-state index in [4.69, 9.17) is 10.7 Å². The number of pyridine rings is 2. The number of hydrogen-bond acceptors (Lipinski definition) is 7. The molecule has 0 bridgehead atoms. The van der Waals surface area contributed by atoms with Crippen LogP contribution >= 0.6 is 0 Å². The number of carbonyl (C=O) groups excluding carboxylic acids is 1. The number of carbonyl (C=O) groups is 1. The second-order valence-electron chi connectivity index (χ2n) is 9.26. The third-order valence-electron chi connectivity index (χ3n) is 6.66. The van der Waals surface area contributed by atoms with E-state index in [1.807, 2.05) is 31.2 Å². The molecule has 1 saturated heterocycles. The van der Waals surface area contributed by atoms with Crippen LogP contribution in [-0.2, 0) is 10.0 Å². The van der Waals surface area contributed by atoms with Crippen molar-refractivity contribution >= 4 is 27.6 Å². The molecule has 9 heteroatoms. The zero-order valence-electron chi connectivity index (χ0n) is 19.7. The Hall–Kier alpha value is -3.46. The monoisotopic (exact) mass is 479 g/mol. The number of rotatable bonds is 5. The smallest absolute Gasteiger partial charge is 0.281 e. The molecule has 1 aromatic carbocycles. The van der Waals surface area contributed by atoms with Gasteiger partial charge in [-0.25, -0.2) is 14.7 Å². The van der Waals surface area contributed by atoms with Gasteiger partial charge in [-0.2, -0.15) is 8.42 Å². The van der Waals surface area contributed by atoms with Crippen LogP contribution in [0.5, 0.6) is 0 Å². The first-order valence-corrected chi connectivity index (χ1v) is 12.6. The maximum absolute atomic E-state index is 13.3. The van der Waals surface area contributed by atoms with Crippen LogP contribution in [0.4, 0.5) is 11.6 Å². The molecule has 1 atom stereocenters. The van der Waals surface area contributed by atoms with Gasteiger partial charge in [0.05, 0.1) is 11.3 Å². The zero-order chi connectivity index (χ0) is 24.7. The zero-order valence-corrected chi connectivity index (χ0v) is 20.6. The summed E-state index contributed by atoms with van der Waals surface area (Å²) >= 11 is 0. The standard InChI is InChI=1S/C25H29N5O3S/c1-16-8-10-18(11-9-16)20-13-12-19(23(27-20)30-15-14-17(2)25(30,3)4)24(31)29-34(32,33)22-7-5-6-21(26)28-22/h5-13,17H,14-15H2,1-4H3,(H2,26,28)(H,29,31). The highest BCUT2D eigenvalue weighted by Gasteiger charge is 2.41. The van der Waals surface area contributed by atoms with Crippen molar-refractivity contribution in [3.63, 3.8) is 0 Å². The maximum Gasteiger partial charge on any atom is 0.281 e. The second kappa shape index (κ2) is 8.72. The predicted molar refractivity (Wildman–Crippen MR) is 133 cm³/mol. The van der Waals surface area contributed by atoms with Gasteiger partial charge in [0.25, 0.3) is 15.9 Å². The summed E-state index contributed by atoms with van der Waals surface area (Å²) in [5.74, 6) is 0.111. The number of nitrogens with zero attached hydrogens (tertiary/aromatic N) is 3. The number of amides is 1. The van der Waals surface area contributed by atoms with Gasteiger partial charge in [-0.05, 0) is 57.4 Å². The lowest BCUT2D eigenvalue weighted by molar-refractivity contribution is 0.0981. The Morgan fingerprint density at radius 2 is 1.79 bits per heavy atom. The van der Waals surface area contributed by atoms with E-state index in [2.05, 4.69) is 35.4 Å². The summed E-state index contributed by atoms with van der Waals surface area (Å²) in [5.41, 5.74) is 8.31. The third-order valence-corrected chi connectivity index (χ3v) is 7.89. The van der Waals surface area contributed by atoms with Crippen LogP contribution in [0.1, 0.15) is 43.1 Å². The summed E-state index contributed by atoms with van der Waals surface area (Å²) in [4.78, 5) is 24.0. The normalized spacial score (nSPS) is 17.5. The average molecular weight is 480 g/mol. The van der Waals surface area contributed by atoms with Gasteiger partial charge in [0, 0.05) is 17.6 Å². The minimum absolute atomic E-state index is 0.0490. The van der Waals surface area contributed by atoms with E-state index in [9.17, 15) is 13.2 Å². The van der Waals surface area contributed by atoms with E-state index < -0.39 is 15.9 Å². The van der Waals surface area contributed by atoms with E-state index in [1.54, 1.807) is 12.1 Å². The van der Waals surface area contributed by atoms with E-state index in [0.717, 1.165) is 17.5 Å². The Labute approximate surface area is 200 Å². The highest BCUT2D eigenvalue weighted by Crippen LogP contribution is 2.39. The second-order valence-corrected chi connectivity index (χ2v) is 10.9. The van der Waals surface area contributed by atoms with Crippen LogP contribution in [0.15, 0.2) is 59.6 Å². The molecule has 178 valence electrons. The number of nitrogens with one attached hydrogen (secondary N) is 1. The fourth-order valence-electron chi connectivity index (χ4n) is 4.14. The summed E-state index contributed by atoms with van der Waals surface area (Å²) in [6.07, 6.45) is 0.940. The Morgan fingerprint density at radius 1 is 1.09 bits per heavy atom. The molecule has 0 aliphatic carbocycles. The molecule has 3 aromatic rings. The van der Waals surface area contributed by atoms with Crippen LogP contribution in [-0.4, -0.2) is 36.4 Å². The molecule has 0 saturated carbocycles. The largest absolute Gasteiger partial charge is 0.384 e. The molecule has 3 heterocycles. The molecule has 1 amide bonds. The first-order chi connectivity index (χ1) is 16.0. The molecule has 1 fully saturated rings. The van der Waals surface area contributed by atoms with Crippen LogP contribution < -0.4 is 15.4 Å². The van der Waals surface area contributed by atoms with E-state index >= 15 is 0 Å². The Bertz CT molecular complexity index is 1340. The topological polar surface area (TPSA) is 118 Å². The molecule has 1 aliphatic rings. The molecule has 3 N–H and O–H groups in total. The number of aryl methyl sites for hydroxylation is 1. The Kier molecular flexibility index (Phi) is 6.07.